The summed E-state index contributed by atoms with van der Waals surface area (Å²) in [6, 6.07) is 0. The van der Waals surface area contributed by atoms with Crippen LogP contribution in [-0.4, -0.2) is 44.8 Å². The number of alkyl halides is 6. The highest BCUT2D eigenvalue weighted by Gasteiger charge is 2.46. The van der Waals surface area contributed by atoms with Crippen LogP contribution in [0, 0.1) is 0 Å². The van der Waals surface area contributed by atoms with E-state index in [2.05, 4.69) is 13.8 Å². The second kappa shape index (κ2) is 29.0. The van der Waals surface area contributed by atoms with Crippen molar-refractivity contribution in [3.8, 4) is 0 Å². The molecule has 0 atom stereocenters. The third kappa shape index (κ3) is 21.8. The van der Waals surface area contributed by atoms with Crippen LogP contribution in [0.2, 0.25) is 0 Å². The van der Waals surface area contributed by atoms with Crippen LogP contribution in [0.1, 0.15) is 155 Å². The van der Waals surface area contributed by atoms with Crippen LogP contribution in [0.5, 0.6) is 0 Å². The SMILES string of the molecule is CCCCCCCCCCCCCCCCOC(=O)CCCCCCCCC.ClC1C(Cl)C(Cl)C(Cl)C(Cl)C1Cl. The Bertz CT molecular complexity index is 509. The van der Waals surface area contributed by atoms with Crippen molar-refractivity contribution in [3.63, 3.8) is 0 Å². The number of carbonyl (C=O) groups is 1. The Morgan fingerprint density at radius 1 is 0.425 bits per heavy atom. The molecule has 40 heavy (non-hydrogen) atoms. The average Bonchev–Trinajstić information content (AvgIpc) is 2.96. The zero-order valence-corrected chi connectivity index (χ0v) is 29.8. The summed E-state index contributed by atoms with van der Waals surface area (Å²) in [4.78, 5) is 11.7. The summed E-state index contributed by atoms with van der Waals surface area (Å²) in [6.45, 7) is 5.16. The van der Waals surface area contributed by atoms with Gasteiger partial charge in [-0.15, -0.1) is 69.6 Å². The van der Waals surface area contributed by atoms with Crippen molar-refractivity contribution in [1.82, 2.24) is 0 Å². The van der Waals surface area contributed by atoms with Crippen molar-refractivity contribution in [2.45, 2.75) is 187 Å². The molecule has 1 saturated carbocycles. The first kappa shape index (κ1) is 41.2. The van der Waals surface area contributed by atoms with Crippen molar-refractivity contribution in [3.05, 3.63) is 0 Å². The van der Waals surface area contributed by atoms with E-state index in [1.54, 1.807) is 0 Å². The van der Waals surface area contributed by atoms with Gasteiger partial charge < -0.3 is 4.74 Å². The van der Waals surface area contributed by atoms with Crippen LogP contribution in [0.25, 0.3) is 0 Å². The van der Waals surface area contributed by atoms with E-state index in [0.717, 1.165) is 12.8 Å². The van der Waals surface area contributed by atoms with Crippen LogP contribution in [-0.2, 0) is 9.53 Å². The fourth-order valence-electron chi connectivity index (χ4n) is 4.84. The molecule has 1 aliphatic rings. The minimum absolute atomic E-state index is 0.0169. The lowest BCUT2D eigenvalue weighted by molar-refractivity contribution is -0.143. The number of halogens is 6. The van der Waals surface area contributed by atoms with Gasteiger partial charge in [-0.1, -0.05) is 136 Å². The second-order valence-corrected chi connectivity index (χ2v) is 14.4. The molecule has 0 spiro atoms. The number of unbranched alkanes of at least 4 members (excludes halogenated alkanes) is 19. The van der Waals surface area contributed by atoms with E-state index in [1.807, 2.05) is 0 Å². The monoisotopic (exact) mass is 684 g/mol. The molecule has 240 valence electrons. The normalized spacial score (nSPS) is 24.4. The van der Waals surface area contributed by atoms with E-state index >= 15 is 0 Å². The molecule has 1 fully saturated rings. The largest absolute Gasteiger partial charge is 0.466 e. The van der Waals surface area contributed by atoms with Gasteiger partial charge in [0.2, 0.25) is 0 Å². The Morgan fingerprint density at radius 3 is 0.975 bits per heavy atom. The zero-order chi connectivity index (χ0) is 30.0. The molecule has 1 rings (SSSR count). The Labute approximate surface area is 277 Å². The maximum absolute atomic E-state index is 11.7. The van der Waals surface area contributed by atoms with Gasteiger partial charge in [-0.2, -0.15) is 0 Å². The maximum Gasteiger partial charge on any atom is 0.305 e. The molecule has 0 N–H and O–H groups in total. The van der Waals surface area contributed by atoms with Crippen molar-refractivity contribution in [2.75, 3.05) is 6.61 Å². The second-order valence-electron chi connectivity index (χ2n) is 11.4. The molecule has 2 nitrogen and oxygen atoms in total. The molecule has 0 saturated heterocycles. The van der Waals surface area contributed by atoms with E-state index in [-0.39, 0.29) is 5.97 Å². The lowest BCUT2D eigenvalue weighted by Gasteiger charge is -2.37. The molecule has 0 amide bonds. The number of esters is 1. The molecule has 1 aliphatic carbocycles. The van der Waals surface area contributed by atoms with Gasteiger partial charge in [0.1, 0.15) is 0 Å². The lowest BCUT2D eigenvalue weighted by atomic mass is 9.97. The molecule has 0 aromatic rings. The first-order chi connectivity index (χ1) is 19.3. The van der Waals surface area contributed by atoms with Gasteiger partial charge in [0.05, 0.1) is 38.9 Å². The minimum atomic E-state index is -0.437. The molecule has 0 heterocycles. The highest BCUT2D eigenvalue weighted by Crippen LogP contribution is 2.39. The van der Waals surface area contributed by atoms with Crippen LogP contribution in [0.3, 0.4) is 0 Å². The van der Waals surface area contributed by atoms with E-state index in [4.69, 9.17) is 74.3 Å². The number of hydrogen-bond acceptors (Lipinski definition) is 2. The maximum atomic E-state index is 11.7. The predicted octanol–water partition coefficient (Wildman–Crippen LogP) is 12.8. The highest BCUT2D eigenvalue weighted by molar-refractivity contribution is 6.45. The highest BCUT2D eigenvalue weighted by atomic mass is 35.5. The van der Waals surface area contributed by atoms with Crippen molar-refractivity contribution in [1.29, 1.82) is 0 Å². The summed E-state index contributed by atoms with van der Waals surface area (Å²) in [5, 5.41) is -2.62. The molecule has 0 aromatic heterocycles. The van der Waals surface area contributed by atoms with Crippen LogP contribution in [0.4, 0.5) is 0 Å². The number of rotatable bonds is 23. The van der Waals surface area contributed by atoms with Gasteiger partial charge in [0.25, 0.3) is 0 Å². The van der Waals surface area contributed by atoms with Crippen LogP contribution < -0.4 is 0 Å². The molecule has 8 heteroatoms. The minimum Gasteiger partial charge on any atom is -0.466 e. The van der Waals surface area contributed by atoms with Gasteiger partial charge in [-0.25, -0.2) is 0 Å². The zero-order valence-electron chi connectivity index (χ0n) is 25.3. The van der Waals surface area contributed by atoms with E-state index in [9.17, 15) is 4.79 Å². The first-order valence-corrected chi connectivity index (χ1v) is 18.9. The van der Waals surface area contributed by atoms with Crippen LogP contribution >= 0.6 is 69.6 Å². The first-order valence-electron chi connectivity index (χ1n) is 16.3. The van der Waals surface area contributed by atoms with Gasteiger partial charge in [0.15, 0.2) is 0 Å². The lowest BCUT2D eigenvalue weighted by Crippen LogP contribution is -2.52. The summed E-state index contributed by atoms with van der Waals surface area (Å²) in [5.74, 6) is 0.0169. The number of ether oxygens (including phenoxy) is 1. The summed E-state index contributed by atoms with van der Waals surface area (Å²) in [6.07, 6.45) is 28.4. The Hall–Kier alpha value is 1.21. The molecule has 0 unspecified atom stereocenters. The van der Waals surface area contributed by atoms with Crippen molar-refractivity contribution >= 4 is 75.6 Å². The van der Waals surface area contributed by atoms with Crippen molar-refractivity contribution in [2.24, 2.45) is 0 Å². The van der Waals surface area contributed by atoms with Crippen LogP contribution in [0.15, 0.2) is 0 Å². The van der Waals surface area contributed by atoms with Gasteiger partial charge >= 0.3 is 5.97 Å². The summed E-state index contributed by atoms with van der Waals surface area (Å²) >= 11 is 35.3. The summed E-state index contributed by atoms with van der Waals surface area (Å²) in [7, 11) is 0. The molecule has 0 bridgehead atoms. The molecule has 0 radical (unpaired) electrons. The summed E-state index contributed by atoms with van der Waals surface area (Å²) < 4.78 is 5.36. The van der Waals surface area contributed by atoms with E-state index in [0.29, 0.717) is 13.0 Å². The number of hydrogen-bond donors (Lipinski definition) is 0. The van der Waals surface area contributed by atoms with Gasteiger partial charge in [0, 0.05) is 6.42 Å². The molecule has 0 aliphatic heterocycles. The molecular weight excluding hydrogens is 629 g/mol. The van der Waals surface area contributed by atoms with E-state index < -0.39 is 32.3 Å². The fourth-order valence-corrected chi connectivity index (χ4v) is 7.16. The quantitative estimate of drug-likeness (QED) is 0.0607. The smallest absolute Gasteiger partial charge is 0.305 e. The standard InChI is InChI=1S/C26H52O2.C6H6Cl6/c1-3-5-7-9-11-12-13-14-15-16-17-19-21-23-25-28-26(27)24-22-20-18-10-8-6-4-2;7-1-2(8)4(10)6(12)5(11)3(1)9/h3-25H2,1-2H3;1-6H. The Morgan fingerprint density at radius 2 is 0.675 bits per heavy atom. The fraction of sp³-hybridized carbons (Fsp3) is 0.969. The third-order valence-electron chi connectivity index (χ3n) is 7.57. The third-order valence-corrected chi connectivity index (χ3v) is 11.6. The van der Waals surface area contributed by atoms with Gasteiger partial charge in [-0.05, 0) is 12.8 Å². The predicted molar refractivity (Wildman–Crippen MR) is 182 cm³/mol. The van der Waals surface area contributed by atoms with Crippen molar-refractivity contribution < 1.29 is 9.53 Å². The molecule has 0 aromatic carbocycles. The average molecular weight is 688 g/mol. The number of carbonyl (C=O) groups excluding carboxylic acids is 1. The summed E-state index contributed by atoms with van der Waals surface area (Å²) in [5.41, 5.74) is 0. The topological polar surface area (TPSA) is 26.3 Å². The molecular formula is C32H58Cl6O2. The van der Waals surface area contributed by atoms with Gasteiger partial charge in [-0.3, -0.25) is 4.79 Å². The Kier molecular flexibility index (Phi) is 29.8. The van der Waals surface area contributed by atoms with E-state index in [1.165, 1.54) is 122 Å². The Balaban J connectivity index is 0.00000104.